The third-order valence-corrected chi connectivity index (χ3v) is 6.15. The number of carbonyl (C=O) groups is 1. The van der Waals surface area contributed by atoms with Gasteiger partial charge in [0.1, 0.15) is 12.4 Å². The van der Waals surface area contributed by atoms with Gasteiger partial charge in [0.25, 0.3) is 5.88 Å². The molecule has 1 unspecified atom stereocenters. The van der Waals surface area contributed by atoms with Crippen LogP contribution in [0.4, 0.5) is 18.0 Å². The maximum Gasteiger partial charge on any atom is 0.411 e. The van der Waals surface area contributed by atoms with Crippen LogP contribution in [0.15, 0.2) is 56.2 Å². The van der Waals surface area contributed by atoms with Gasteiger partial charge in [0, 0.05) is 30.7 Å². The lowest BCUT2D eigenvalue weighted by atomic mass is 10.1. The van der Waals surface area contributed by atoms with Gasteiger partial charge >= 0.3 is 12.2 Å². The highest BCUT2D eigenvalue weighted by atomic mass is 19.4. The first kappa shape index (κ1) is 31.4. The van der Waals surface area contributed by atoms with E-state index in [1.165, 1.54) is 18.1 Å². The molecule has 3 heterocycles. The van der Waals surface area contributed by atoms with Gasteiger partial charge in [0.15, 0.2) is 0 Å². The number of aromatic nitrogens is 4. The number of ether oxygens (including phenoxy) is 3. The molecule has 1 N–H and O–H groups in total. The van der Waals surface area contributed by atoms with E-state index in [4.69, 9.17) is 14.2 Å². The Morgan fingerprint density at radius 2 is 2.05 bits per heavy atom. The van der Waals surface area contributed by atoms with Crippen LogP contribution in [0.5, 0.6) is 11.6 Å². The van der Waals surface area contributed by atoms with Crippen LogP contribution in [-0.4, -0.2) is 76.0 Å². The number of carbonyl (C=O) groups excluding carboxylic acids is 1. The van der Waals surface area contributed by atoms with E-state index in [0.29, 0.717) is 53.8 Å². The quantitative estimate of drug-likeness (QED) is 0.192. The smallest absolute Gasteiger partial charge is 0.411 e. The summed E-state index contributed by atoms with van der Waals surface area (Å²) in [7, 11) is 1.52. The SMILES string of the molecule is C=CCCOc1nc(-c2cc([C@@H](C)N(CC)C(=O)NC(CC=C)COCC(F)(F)F)ncc2OC)cn2ccnc12. The molecule has 41 heavy (non-hydrogen) atoms. The van der Waals surface area contributed by atoms with Gasteiger partial charge in [-0.05, 0) is 32.8 Å². The van der Waals surface area contributed by atoms with Gasteiger partial charge in [-0.1, -0.05) is 12.2 Å². The predicted octanol–water partition coefficient (Wildman–Crippen LogP) is 5.37. The molecule has 0 aliphatic rings. The van der Waals surface area contributed by atoms with Crippen LogP contribution in [0.1, 0.15) is 38.4 Å². The Morgan fingerprint density at radius 3 is 2.71 bits per heavy atom. The molecule has 0 spiro atoms. The molecule has 2 atom stereocenters. The molecule has 0 fully saturated rings. The fourth-order valence-electron chi connectivity index (χ4n) is 4.12. The van der Waals surface area contributed by atoms with Crippen molar-refractivity contribution in [3.05, 3.63) is 61.9 Å². The van der Waals surface area contributed by atoms with Gasteiger partial charge in [-0.15, -0.1) is 13.2 Å². The summed E-state index contributed by atoms with van der Waals surface area (Å²) in [5, 5.41) is 2.75. The Labute approximate surface area is 236 Å². The zero-order chi connectivity index (χ0) is 30.0. The first-order valence-electron chi connectivity index (χ1n) is 13.1. The molecule has 2 amide bonds. The van der Waals surface area contributed by atoms with E-state index < -0.39 is 30.9 Å². The number of hydrogen-bond acceptors (Lipinski definition) is 7. The standard InChI is InChI=1S/C28H35F3N6O4/c1-6-9-13-41-26-25-32-11-12-36(25)16-23(35-26)21-14-22(33-15-24(21)39-5)19(4)37(8-3)27(38)34-20(10-7-2)17-40-18-28(29,30)31/h6-7,11-12,14-16,19-20H,1-2,8-10,13,17-18H2,3-5H3,(H,34,38)/t19-,20?/m1/s1. The number of urea groups is 1. The minimum Gasteiger partial charge on any atom is -0.494 e. The predicted molar refractivity (Wildman–Crippen MR) is 148 cm³/mol. The number of nitrogens with zero attached hydrogens (tertiary/aromatic N) is 5. The summed E-state index contributed by atoms with van der Waals surface area (Å²) in [5.74, 6) is 0.809. The first-order valence-corrected chi connectivity index (χ1v) is 13.1. The molecule has 0 saturated heterocycles. The van der Waals surface area contributed by atoms with E-state index in [0.717, 1.165) is 0 Å². The van der Waals surface area contributed by atoms with Crippen LogP contribution < -0.4 is 14.8 Å². The molecule has 13 heteroatoms. The number of hydrogen-bond donors (Lipinski definition) is 1. The lowest BCUT2D eigenvalue weighted by molar-refractivity contribution is -0.175. The number of pyridine rings is 1. The molecule has 0 radical (unpaired) electrons. The summed E-state index contributed by atoms with van der Waals surface area (Å²) < 4.78 is 55.5. The third kappa shape index (κ3) is 8.43. The molecule has 10 nitrogen and oxygen atoms in total. The number of fused-ring (bicyclic) bond motifs is 1. The van der Waals surface area contributed by atoms with Gasteiger partial charge in [-0.25, -0.2) is 14.8 Å². The van der Waals surface area contributed by atoms with E-state index in [1.807, 2.05) is 0 Å². The van der Waals surface area contributed by atoms with Crippen molar-refractivity contribution in [1.29, 1.82) is 0 Å². The summed E-state index contributed by atoms with van der Waals surface area (Å²) in [6, 6.07) is 0.114. The molecule has 0 aliphatic carbocycles. The summed E-state index contributed by atoms with van der Waals surface area (Å²) >= 11 is 0. The highest BCUT2D eigenvalue weighted by Gasteiger charge is 2.29. The van der Waals surface area contributed by atoms with Crippen LogP contribution in [0, 0.1) is 0 Å². The molecule has 3 rings (SSSR count). The van der Waals surface area contributed by atoms with E-state index in [9.17, 15) is 18.0 Å². The van der Waals surface area contributed by atoms with Gasteiger partial charge in [-0.3, -0.25) is 4.98 Å². The Bertz CT molecular complexity index is 1330. The lowest BCUT2D eigenvalue weighted by Crippen LogP contribution is -2.47. The van der Waals surface area contributed by atoms with Gasteiger partial charge < -0.3 is 28.8 Å². The van der Waals surface area contributed by atoms with Gasteiger partial charge in [-0.2, -0.15) is 13.2 Å². The molecule has 0 bridgehead atoms. The van der Waals surface area contributed by atoms with Gasteiger partial charge in [0.05, 0.1) is 50.0 Å². The monoisotopic (exact) mass is 576 g/mol. The van der Waals surface area contributed by atoms with Crippen LogP contribution >= 0.6 is 0 Å². The molecular formula is C28H35F3N6O4. The number of methoxy groups -OCH3 is 1. The number of imidazole rings is 1. The van der Waals surface area contributed by atoms with Crippen molar-refractivity contribution >= 4 is 11.7 Å². The maximum atomic E-state index is 13.2. The molecule has 222 valence electrons. The van der Waals surface area contributed by atoms with E-state index in [2.05, 4.69) is 33.4 Å². The van der Waals surface area contributed by atoms with Crippen LogP contribution in [0.3, 0.4) is 0 Å². The van der Waals surface area contributed by atoms with E-state index in [1.54, 1.807) is 55.2 Å². The molecular weight excluding hydrogens is 541 g/mol. The third-order valence-electron chi connectivity index (χ3n) is 6.15. The van der Waals surface area contributed by atoms with Crippen molar-refractivity contribution < 1.29 is 32.2 Å². The van der Waals surface area contributed by atoms with Gasteiger partial charge in [0.2, 0.25) is 5.65 Å². The van der Waals surface area contributed by atoms with E-state index in [-0.39, 0.29) is 13.0 Å². The second-order valence-electron chi connectivity index (χ2n) is 9.09. The number of alkyl halides is 3. The molecule has 0 aromatic carbocycles. The summed E-state index contributed by atoms with van der Waals surface area (Å²) in [5.41, 5.74) is 2.27. The molecule has 3 aromatic heterocycles. The zero-order valence-electron chi connectivity index (χ0n) is 23.4. The Balaban J connectivity index is 1.87. The Kier molecular flexibility index (Phi) is 11.1. The fourth-order valence-corrected chi connectivity index (χ4v) is 4.12. The number of rotatable bonds is 15. The highest BCUT2D eigenvalue weighted by molar-refractivity contribution is 5.75. The average Bonchev–Trinajstić information content (AvgIpc) is 3.41. The fraction of sp³-hybridized carbons (Fsp3) is 0.429. The van der Waals surface area contributed by atoms with Crippen molar-refractivity contribution in [2.75, 3.05) is 33.5 Å². The molecule has 0 saturated carbocycles. The van der Waals surface area contributed by atoms with Crippen LogP contribution in [0.25, 0.3) is 16.9 Å². The normalized spacial score (nSPS) is 12.9. The van der Waals surface area contributed by atoms with Crippen LogP contribution in [-0.2, 0) is 4.74 Å². The Hall–Kier alpha value is -4.13. The first-order chi connectivity index (χ1) is 19.6. The minimum absolute atomic E-state index is 0.236. The van der Waals surface area contributed by atoms with Crippen molar-refractivity contribution in [3.63, 3.8) is 0 Å². The van der Waals surface area contributed by atoms with Crippen molar-refractivity contribution in [2.24, 2.45) is 0 Å². The highest BCUT2D eigenvalue weighted by Crippen LogP contribution is 2.33. The number of halogens is 3. The minimum atomic E-state index is -4.46. The van der Waals surface area contributed by atoms with E-state index >= 15 is 0 Å². The summed E-state index contributed by atoms with van der Waals surface area (Å²) in [6.45, 7) is 9.91. The molecule has 0 aliphatic heterocycles. The summed E-state index contributed by atoms with van der Waals surface area (Å²) in [6.07, 6.45) is 6.44. The second kappa shape index (κ2) is 14.5. The number of amides is 2. The number of nitrogens with one attached hydrogen (secondary N) is 1. The Morgan fingerprint density at radius 1 is 1.27 bits per heavy atom. The summed E-state index contributed by atoms with van der Waals surface area (Å²) in [4.78, 5) is 28.3. The van der Waals surface area contributed by atoms with Crippen molar-refractivity contribution in [1.82, 2.24) is 29.6 Å². The van der Waals surface area contributed by atoms with Crippen LogP contribution in [0.2, 0.25) is 0 Å². The second-order valence-corrected chi connectivity index (χ2v) is 9.09. The van der Waals surface area contributed by atoms with Crippen molar-refractivity contribution in [3.8, 4) is 22.9 Å². The zero-order valence-corrected chi connectivity index (χ0v) is 23.4. The topological polar surface area (TPSA) is 103 Å². The average molecular weight is 577 g/mol. The lowest BCUT2D eigenvalue weighted by Gasteiger charge is -2.30. The molecule has 3 aromatic rings. The maximum absolute atomic E-state index is 13.2. The largest absolute Gasteiger partial charge is 0.494 e. The van der Waals surface area contributed by atoms with Crippen molar-refractivity contribution in [2.45, 2.75) is 44.9 Å².